The Balaban J connectivity index is 3.72. The third-order valence-corrected chi connectivity index (χ3v) is 2.24. The summed E-state index contributed by atoms with van der Waals surface area (Å²) in [5.41, 5.74) is 5.59. The summed E-state index contributed by atoms with van der Waals surface area (Å²) in [7, 11) is -0.730. The fraction of sp³-hybridized carbons (Fsp3) is 0.889. The highest BCUT2D eigenvalue weighted by atomic mass is 32.2. The lowest BCUT2D eigenvalue weighted by molar-refractivity contribution is 0.508. The van der Waals surface area contributed by atoms with Crippen LogP contribution in [0.3, 0.4) is 0 Å². The van der Waals surface area contributed by atoms with Gasteiger partial charge in [-0.1, -0.05) is 0 Å². The van der Waals surface area contributed by atoms with E-state index in [2.05, 4.69) is 10.3 Å². The van der Waals surface area contributed by atoms with E-state index < -0.39 is 10.8 Å². The highest BCUT2D eigenvalue weighted by Crippen LogP contribution is 1.97. The van der Waals surface area contributed by atoms with Crippen LogP contribution in [0.25, 0.3) is 0 Å². The molecule has 0 saturated heterocycles. The van der Waals surface area contributed by atoms with E-state index in [1.54, 1.807) is 6.26 Å². The number of nitrogens with zero attached hydrogens (tertiary/aromatic N) is 1. The van der Waals surface area contributed by atoms with Crippen LogP contribution in [0, 0.1) is 0 Å². The lowest BCUT2D eigenvalue weighted by Gasteiger charge is -2.20. The molecule has 1 atom stereocenters. The van der Waals surface area contributed by atoms with Crippen LogP contribution in [0.4, 0.5) is 0 Å². The van der Waals surface area contributed by atoms with Gasteiger partial charge in [0.15, 0.2) is 5.96 Å². The lowest BCUT2D eigenvalue weighted by Crippen LogP contribution is -2.45. The molecule has 0 aliphatic carbocycles. The van der Waals surface area contributed by atoms with Crippen LogP contribution in [-0.4, -0.2) is 34.3 Å². The predicted octanol–water partition coefficient (Wildman–Crippen LogP) is 0.458. The number of rotatable bonds is 4. The SMILES string of the molecule is CS(=O)CCCN=C(N)NC(C)(C)C. The maximum atomic E-state index is 10.7. The van der Waals surface area contributed by atoms with E-state index in [-0.39, 0.29) is 5.54 Å². The van der Waals surface area contributed by atoms with Gasteiger partial charge in [-0.15, -0.1) is 0 Å². The summed E-state index contributed by atoms with van der Waals surface area (Å²) in [6.45, 7) is 6.71. The summed E-state index contributed by atoms with van der Waals surface area (Å²) in [6, 6.07) is 0. The largest absolute Gasteiger partial charge is 0.370 e. The summed E-state index contributed by atoms with van der Waals surface area (Å²) in [5, 5.41) is 3.06. The van der Waals surface area contributed by atoms with E-state index in [0.29, 0.717) is 18.3 Å². The molecule has 0 saturated carbocycles. The summed E-state index contributed by atoms with van der Waals surface area (Å²) in [5.74, 6) is 1.14. The van der Waals surface area contributed by atoms with E-state index >= 15 is 0 Å². The fourth-order valence-corrected chi connectivity index (χ4v) is 1.43. The molecule has 0 aromatic carbocycles. The van der Waals surface area contributed by atoms with Crippen molar-refractivity contribution in [1.29, 1.82) is 0 Å². The van der Waals surface area contributed by atoms with E-state index in [1.807, 2.05) is 20.8 Å². The van der Waals surface area contributed by atoms with Crippen molar-refractivity contribution in [3.63, 3.8) is 0 Å². The molecule has 0 rings (SSSR count). The molecular weight excluding hydrogens is 198 g/mol. The number of aliphatic imine (C=N–C) groups is 1. The second-order valence-electron chi connectivity index (χ2n) is 4.27. The second-order valence-corrected chi connectivity index (χ2v) is 5.83. The van der Waals surface area contributed by atoms with Crippen LogP contribution >= 0.6 is 0 Å². The van der Waals surface area contributed by atoms with E-state index in [1.165, 1.54) is 0 Å². The Bertz CT molecular complexity index is 221. The van der Waals surface area contributed by atoms with Crippen LogP contribution in [0.5, 0.6) is 0 Å². The van der Waals surface area contributed by atoms with Crippen molar-refractivity contribution in [3.05, 3.63) is 0 Å². The summed E-state index contributed by atoms with van der Waals surface area (Å²) >= 11 is 0. The Labute approximate surface area is 88.8 Å². The first-order valence-corrected chi connectivity index (χ1v) is 6.42. The second kappa shape index (κ2) is 6.01. The van der Waals surface area contributed by atoms with Gasteiger partial charge in [0.2, 0.25) is 0 Å². The Morgan fingerprint density at radius 2 is 2.07 bits per heavy atom. The van der Waals surface area contributed by atoms with Crippen molar-refractivity contribution >= 4 is 16.8 Å². The molecule has 0 bridgehead atoms. The molecule has 84 valence electrons. The summed E-state index contributed by atoms with van der Waals surface area (Å²) in [4.78, 5) is 4.13. The van der Waals surface area contributed by atoms with Crippen molar-refractivity contribution in [2.45, 2.75) is 32.7 Å². The monoisotopic (exact) mass is 219 g/mol. The number of nitrogens with two attached hydrogens (primary N) is 1. The first-order chi connectivity index (χ1) is 6.31. The molecule has 5 heteroatoms. The van der Waals surface area contributed by atoms with Gasteiger partial charge in [-0.25, -0.2) is 0 Å². The minimum Gasteiger partial charge on any atom is -0.370 e. The van der Waals surface area contributed by atoms with Gasteiger partial charge in [-0.05, 0) is 27.2 Å². The minimum absolute atomic E-state index is 0.0544. The van der Waals surface area contributed by atoms with Gasteiger partial charge in [0.05, 0.1) is 0 Å². The van der Waals surface area contributed by atoms with Gasteiger partial charge in [-0.3, -0.25) is 9.20 Å². The Hall–Kier alpha value is -0.580. The Morgan fingerprint density at radius 3 is 2.50 bits per heavy atom. The molecule has 0 amide bonds. The maximum absolute atomic E-state index is 10.7. The van der Waals surface area contributed by atoms with Gasteiger partial charge in [0.25, 0.3) is 0 Å². The third-order valence-electron chi connectivity index (χ3n) is 1.38. The molecule has 0 radical (unpaired) electrons. The molecule has 0 fully saturated rings. The third kappa shape index (κ3) is 9.51. The van der Waals surface area contributed by atoms with Crippen molar-refractivity contribution in [2.75, 3.05) is 18.6 Å². The molecule has 4 nitrogen and oxygen atoms in total. The summed E-state index contributed by atoms with van der Waals surface area (Å²) in [6.07, 6.45) is 2.51. The van der Waals surface area contributed by atoms with Gasteiger partial charge < -0.3 is 11.1 Å². The number of guanidine groups is 1. The van der Waals surface area contributed by atoms with Crippen LogP contribution in [0.2, 0.25) is 0 Å². The fourth-order valence-electron chi connectivity index (χ4n) is 0.891. The molecule has 0 aromatic heterocycles. The highest BCUT2D eigenvalue weighted by molar-refractivity contribution is 7.84. The van der Waals surface area contributed by atoms with E-state index in [9.17, 15) is 4.21 Å². The predicted molar refractivity (Wildman–Crippen MR) is 62.9 cm³/mol. The Kier molecular flexibility index (Phi) is 5.76. The molecule has 1 unspecified atom stereocenters. The average Bonchev–Trinajstić information content (AvgIpc) is 1.94. The minimum atomic E-state index is -0.730. The summed E-state index contributed by atoms with van der Waals surface area (Å²) < 4.78 is 10.7. The molecule has 0 aromatic rings. The standard InChI is InChI=1S/C9H21N3OS/c1-9(2,3)12-8(10)11-6-5-7-14(4)13/h5-7H2,1-4H3,(H3,10,11,12). The van der Waals surface area contributed by atoms with Crippen LogP contribution in [0.15, 0.2) is 4.99 Å². The molecule has 3 N–H and O–H groups in total. The topological polar surface area (TPSA) is 67.5 Å². The first-order valence-electron chi connectivity index (χ1n) is 4.69. The Morgan fingerprint density at radius 1 is 1.50 bits per heavy atom. The van der Waals surface area contributed by atoms with Crippen LogP contribution in [0.1, 0.15) is 27.2 Å². The van der Waals surface area contributed by atoms with Crippen LogP contribution in [-0.2, 0) is 10.8 Å². The lowest BCUT2D eigenvalue weighted by atomic mass is 10.1. The zero-order chi connectivity index (χ0) is 11.2. The molecule has 0 aliphatic rings. The van der Waals surface area contributed by atoms with E-state index in [4.69, 9.17) is 5.73 Å². The van der Waals surface area contributed by atoms with Crippen molar-refractivity contribution in [2.24, 2.45) is 10.7 Å². The molecular formula is C9H21N3OS. The maximum Gasteiger partial charge on any atom is 0.188 e. The molecule has 0 aliphatic heterocycles. The van der Waals surface area contributed by atoms with E-state index in [0.717, 1.165) is 6.42 Å². The van der Waals surface area contributed by atoms with Crippen molar-refractivity contribution < 1.29 is 4.21 Å². The van der Waals surface area contributed by atoms with Gasteiger partial charge in [-0.2, -0.15) is 0 Å². The molecule has 14 heavy (non-hydrogen) atoms. The molecule has 0 spiro atoms. The first kappa shape index (κ1) is 13.4. The van der Waals surface area contributed by atoms with Crippen molar-refractivity contribution in [1.82, 2.24) is 5.32 Å². The smallest absolute Gasteiger partial charge is 0.188 e. The quantitative estimate of drug-likeness (QED) is 0.410. The van der Waals surface area contributed by atoms with Crippen LogP contribution < -0.4 is 11.1 Å². The van der Waals surface area contributed by atoms with Gasteiger partial charge in [0, 0.05) is 34.9 Å². The molecule has 0 heterocycles. The zero-order valence-corrected chi connectivity index (χ0v) is 10.3. The number of nitrogens with one attached hydrogen (secondary N) is 1. The number of hydrogen-bond acceptors (Lipinski definition) is 2. The normalized spacial score (nSPS) is 15.3. The van der Waals surface area contributed by atoms with Gasteiger partial charge >= 0.3 is 0 Å². The van der Waals surface area contributed by atoms with Crippen molar-refractivity contribution in [3.8, 4) is 0 Å². The zero-order valence-electron chi connectivity index (χ0n) is 9.46. The highest BCUT2D eigenvalue weighted by Gasteiger charge is 2.09. The van der Waals surface area contributed by atoms with Gasteiger partial charge in [0.1, 0.15) is 0 Å². The number of hydrogen-bond donors (Lipinski definition) is 2. The average molecular weight is 219 g/mol.